The van der Waals surface area contributed by atoms with Crippen molar-refractivity contribution in [1.82, 2.24) is 0 Å². The Kier molecular flexibility index (Phi) is 3.56. The van der Waals surface area contributed by atoms with E-state index in [0.29, 0.717) is 5.69 Å². The van der Waals surface area contributed by atoms with E-state index in [4.69, 9.17) is 5.11 Å². The Hall–Kier alpha value is -1.84. The highest BCUT2D eigenvalue weighted by molar-refractivity contribution is 6.01. The number of carboxylic acid groups (broad SMARTS) is 1. The lowest BCUT2D eigenvalue weighted by Gasteiger charge is -2.24. The van der Waals surface area contributed by atoms with Gasteiger partial charge in [0.05, 0.1) is 11.3 Å². The molecule has 0 aliphatic carbocycles. The molecule has 0 radical (unpaired) electrons. The number of anilines is 1. The fourth-order valence-corrected chi connectivity index (χ4v) is 1.67. The molecule has 1 aromatic rings. The highest BCUT2D eigenvalue weighted by Gasteiger charge is 2.22. The van der Waals surface area contributed by atoms with Gasteiger partial charge in [-0.2, -0.15) is 0 Å². The second-order valence-corrected chi connectivity index (χ2v) is 4.96. The lowest BCUT2D eigenvalue weighted by molar-refractivity contribution is -0.114. The number of hydrogen-bond acceptors (Lipinski definition) is 2. The molecule has 4 heteroatoms. The van der Waals surface area contributed by atoms with Crippen molar-refractivity contribution >= 4 is 17.6 Å². The minimum atomic E-state index is -1.04. The third-order valence-corrected chi connectivity index (χ3v) is 2.40. The van der Waals surface area contributed by atoms with Crippen molar-refractivity contribution in [2.45, 2.75) is 33.1 Å². The number of carbonyl (C=O) groups is 2. The molecule has 0 spiro atoms. The molecule has 1 rings (SSSR count). The maximum atomic E-state index is 11.2. The van der Waals surface area contributed by atoms with E-state index in [1.54, 1.807) is 6.07 Å². The smallest absolute Gasteiger partial charge is 0.337 e. The molecule has 0 bridgehead atoms. The van der Waals surface area contributed by atoms with Crippen LogP contribution in [-0.2, 0) is 10.2 Å². The highest BCUT2D eigenvalue weighted by Crippen LogP contribution is 2.32. The maximum Gasteiger partial charge on any atom is 0.337 e. The molecule has 0 saturated heterocycles. The monoisotopic (exact) mass is 235 g/mol. The molecule has 0 aliphatic rings. The first-order valence-corrected chi connectivity index (χ1v) is 5.38. The van der Waals surface area contributed by atoms with Crippen molar-refractivity contribution in [3.05, 3.63) is 29.3 Å². The number of rotatable bonds is 2. The summed E-state index contributed by atoms with van der Waals surface area (Å²) in [4.78, 5) is 22.3. The minimum absolute atomic E-state index is 0.118. The third kappa shape index (κ3) is 3.06. The molecule has 0 aromatic heterocycles. The predicted octanol–water partition coefficient (Wildman–Crippen LogP) is 2.64. The SMILES string of the molecule is CC(=O)Nc1c(C(=O)O)cccc1C(C)(C)C. The molecule has 0 atom stereocenters. The lowest BCUT2D eigenvalue weighted by atomic mass is 9.84. The van der Waals surface area contributed by atoms with Crippen molar-refractivity contribution in [3.63, 3.8) is 0 Å². The van der Waals surface area contributed by atoms with Gasteiger partial charge in [0.25, 0.3) is 0 Å². The first-order valence-electron chi connectivity index (χ1n) is 5.38. The lowest BCUT2D eigenvalue weighted by Crippen LogP contribution is -2.19. The molecule has 17 heavy (non-hydrogen) atoms. The van der Waals surface area contributed by atoms with E-state index in [1.165, 1.54) is 13.0 Å². The van der Waals surface area contributed by atoms with Crippen LogP contribution in [0, 0.1) is 0 Å². The zero-order valence-corrected chi connectivity index (χ0v) is 10.5. The van der Waals surface area contributed by atoms with Crippen LogP contribution in [0.15, 0.2) is 18.2 Å². The zero-order valence-electron chi connectivity index (χ0n) is 10.5. The number of nitrogens with one attached hydrogen (secondary N) is 1. The van der Waals surface area contributed by atoms with Gasteiger partial charge in [-0.05, 0) is 17.0 Å². The largest absolute Gasteiger partial charge is 0.478 e. The standard InChI is InChI=1S/C13H17NO3/c1-8(15)14-11-9(12(16)17)6-5-7-10(11)13(2,3)4/h5-7H,1-4H3,(H,14,15)(H,16,17). The maximum absolute atomic E-state index is 11.2. The fourth-order valence-electron chi connectivity index (χ4n) is 1.67. The molecule has 0 aliphatic heterocycles. The first kappa shape index (κ1) is 13.2. The van der Waals surface area contributed by atoms with Gasteiger partial charge < -0.3 is 10.4 Å². The quantitative estimate of drug-likeness (QED) is 0.828. The molecular weight excluding hydrogens is 218 g/mol. The number of benzene rings is 1. The van der Waals surface area contributed by atoms with Crippen molar-refractivity contribution in [2.75, 3.05) is 5.32 Å². The van der Waals surface area contributed by atoms with Crippen LogP contribution in [0.3, 0.4) is 0 Å². The van der Waals surface area contributed by atoms with Gasteiger partial charge in [0, 0.05) is 6.92 Å². The van der Waals surface area contributed by atoms with Crippen LogP contribution in [0.5, 0.6) is 0 Å². The van der Waals surface area contributed by atoms with Crippen LogP contribution < -0.4 is 5.32 Å². The Morgan fingerprint density at radius 3 is 2.24 bits per heavy atom. The number of amides is 1. The Labute approximate surface area is 101 Å². The van der Waals surface area contributed by atoms with E-state index in [-0.39, 0.29) is 16.9 Å². The molecule has 1 amide bonds. The fraction of sp³-hybridized carbons (Fsp3) is 0.385. The summed E-state index contributed by atoms with van der Waals surface area (Å²) in [5.41, 5.74) is 1.09. The van der Waals surface area contributed by atoms with Gasteiger partial charge in [-0.25, -0.2) is 4.79 Å². The number of para-hydroxylation sites is 1. The van der Waals surface area contributed by atoms with Crippen molar-refractivity contribution in [3.8, 4) is 0 Å². The Morgan fingerprint density at radius 1 is 1.24 bits per heavy atom. The Bertz CT molecular complexity index is 458. The van der Waals surface area contributed by atoms with Crippen molar-refractivity contribution in [2.24, 2.45) is 0 Å². The number of aromatic carboxylic acids is 1. The molecular formula is C13H17NO3. The van der Waals surface area contributed by atoms with Gasteiger partial charge in [-0.3, -0.25) is 4.79 Å². The average molecular weight is 235 g/mol. The van der Waals surface area contributed by atoms with Crippen molar-refractivity contribution in [1.29, 1.82) is 0 Å². The number of carbonyl (C=O) groups excluding carboxylic acids is 1. The Morgan fingerprint density at radius 2 is 1.82 bits per heavy atom. The van der Waals surface area contributed by atoms with Gasteiger partial charge >= 0.3 is 5.97 Å². The summed E-state index contributed by atoms with van der Waals surface area (Å²) in [7, 11) is 0. The summed E-state index contributed by atoms with van der Waals surface area (Å²) < 4.78 is 0. The van der Waals surface area contributed by atoms with Crippen LogP contribution in [0.4, 0.5) is 5.69 Å². The molecule has 0 unspecified atom stereocenters. The molecule has 2 N–H and O–H groups in total. The summed E-state index contributed by atoms with van der Waals surface area (Å²) in [6.07, 6.45) is 0. The van der Waals surface area contributed by atoms with E-state index in [2.05, 4.69) is 5.32 Å². The second kappa shape index (κ2) is 4.57. The topological polar surface area (TPSA) is 66.4 Å². The Balaban J connectivity index is 3.45. The molecule has 1 aromatic carbocycles. The minimum Gasteiger partial charge on any atom is -0.478 e. The van der Waals surface area contributed by atoms with E-state index in [1.807, 2.05) is 26.8 Å². The number of hydrogen-bond donors (Lipinski definition) is 2. The molecule has 92 valence electrons. The van der Waals surface area contributed by atoms with Gasteiger partial charge in [0.1, 0.15) is 0 Å². The van der Waals surface area contributed by atoms with Crippen molar-refractivity contribution < 1.29 is 14.7 Å². The van der Waals surface area contributed by atoms with Crippen LogP contribution in [-0.4, -0.2) is 17.0 Å². The normalized spacial score (nSPS) is 11.1. The molecule has 0 fully saturated rings. The van der Waals surface area contributed by atoms with Crippen LogP contribution in [0.1, 0.15) is 43.6 Å². The van der Waals surface area contributed by atoms with E-state index in [9.17, 15) is 9.59 Å². The summed E-state index contributed by atoms with van der Waals surface area (Å²) >= 11 is 0. The number of carboxylic acids is 1. The predicted molar refractivity (Wildman–Crippen MR) is 66.4 cm³/mol. The third-order valence-electron chi connectivity index (χ3n) is 2.40. The van der Waals surface area contributed by atoms with E-state index >= 15 is 0 Å². The van der Waals surface area contributed by atoms with Crippen LogP contribution >= 0.6 is 0 Å². The van der Waals surface area contributed by atoms with Gasteiger partial charge in [0.2, 0.25) is 5.91 Å². The molecule has 0 heterocycles. The summed E-state index contributed by atoms with van der Waals surface area (Å²) in [6, 6.07) is 5.01. The summed E-state index contributed by atoms with van der Waals surface area (Å²) in [5, 5.41) is 11.7. The average Bonchev–Trinajstić information content (AvgIpc) is 2.14. The summed E-state index contributed by atoms with van der Waals surface area (Å²) in [5.74, 6) is -1.32. The van der Waals surface area contributed by atoms with E-state index in [0.717, 1.165) is 5.56 Å². The van der Waals surface area contributed by atoms with Gasteiger partial charge in [0.15, 0.2) is 0 Å². The second-order valence-electron chi connectivity index (χ2n) is 4.96. The summed E-state index contributed by atoms with van der Waals surface area (Å²) in [6.45, 7) is 7.28. The van der Waals surface area contributed by atoms with Gasteiger partial charge in [-0.1, -0.05) is 32.9 Å². The highest BCUT2D eigenvalue weighted by atomic mass is 16.4. The first-order chi connectivity index (χ1) is 7.73. The van der Waals surface area contributed by atoms with E-state index < -0.39 is 5.97 Å². The molecule has 0 saturated carbocycles. The molecule has 4 nitrogen and oxygen atoms in total. The zero-order chi connectivity index (χ0) is 13.2. The van der Waals surface area contributed by atoms with Gasteiger partial charge in [-0.15, -0.1) is 0 Å². The van der Waals surface area contributed by atoms with Crippen LogP contribution in [0.2, 0.25) is 0 Å². The van der Waals surface area contributed by atoms with Crippen LogP contribution in [0.25, 0.3) is 0 Å².